The monoisotopic (exact) mass is 346 g/mol. The third-order valence-electron chi connectivity index (χ3n) is 3.40. The highest BCUT2D eigenvalue weighted by atomic mass is 32.2. The van der Waals surface area contributed by atoms with E-state index in [9.17, 15) is 13.2 Å². The third kappa shape index (κ3) is 4.69. The smallest absolute Gasteiger partial charge is 0.257 e. The number of nitrogens with zero attached hydrogens (tertiary/aromatic N) is 1. The lowest BCUT2D eigenvalue weighted by Gasteiger charge is -2.08. The lowest BCUT2D eigenvalue weighted by molar-refractivity contribution is 0.102. The number of amides is 1. The Kier molecular flexibility index (Phi) is 4.39. The number of sulfonamides is 1. The van der Waals surface area contributed by atoms with Crippen molar-refractivity contribution >= 4 is 33.1 Å². The van der Waals surface area contributed by atoms with E-state index in [1.807, 2.05) is 0 Å². The van der Waals surface area contributed by atoms with Crippen molar-refractivity contribution in [2.45, 2.75) is 18.9 Å². The minimum atomic E-state index is -3.32. The quantitative estimate of drug-likeness (QED) is 0.745. The van der Waals surface area contributed by atoms with Crippen molar-refractivity contribution in [1.82, 2.24) is 4.98 Å². The molecule has 0 aliphatic heterocycles. The average Bonchev–Trinajstić information content (AvgIpc) is 3.32. The Morgan fingerprint density at radius 2 is 1.75 bits per heavy atom. The number of carbonyl (C=O) groups is 1. The fourth-order valence-electron chi connectivity index (χ4n) is 2.09. The van der Waals surface area contributed by atoms with Crippen LogP contribution in [-0.4, -0.2) is 31.6 Å². The predicted molar refractivity (Wildman–Crippen MR) is 93.7 cm³/mol. The number of aromatic nitrogens is 1. The molecule has 0 saturated heterocycles. The maximum Gasteiger partial charge on any atom is 0.257 e. The Balaban J connectivity index is 1.61. The first-order valence-corrected chi connectivity index (χ1v) is 9.40. The van der Waals surface area contributed by atoms with Crippen molar-refractivity contribution in [1.29, 1.82) is 0 Å². The van der Waals surface area contributed by atoms with Gasteiger partial charge in [0.1, 0.15) is 5.82 Å². The van der Waals surface area contributed by atoms with Gasteiger partial charge in [-0.1, -0.05) is 0 Å². The number of anilines is 3. The highest BCUT2D eigenvalue weighted by Crippen LogP contribution is 2.23. The molecule has 1 saturated carbocycles. The molecule has 1 aromatic heterocycles. The van der Waals surface area contributed by atoms with Crippen LogP contribution in [0.3, 0.4) is 0 Å². The van der Waals surface area contributed by atoms with Crippen molar-refractivity contribution in [3.05, 3.63) is 48.2 Å². The molecular formula is C16H18N4O3S. The Labute approximate surface area is 140 Å². The van der Waals surface area contributed by atoms with Crippen molar-refractivity contribution in [3.8, 4) is 0 Å². The fourth-order valence-corrected chi connectivity index (χ4v) is 2.65. The highest BCUT2D eigenvalue weighted by molar-refractivity contribution is 7.92. The molecule has 2 aromatic rings. The summed E-state index contributed by atoms with van der Waals surface area (Å²) in [7, 11) is -3.32. The molecule has 1 aliphatic carbocycles. The molecule has 8 heteroatoms. The Morgan fingerprint density at radius 3 is 2.29 bits per heavy atom. The molecule has 0 bridgehead atoms. The van der Waals surface area contributed by atoms with Gasteiger partial charge in [-0.3, -0.25) is 9.52 Å². The third-order valence-corrected chi connectivity index (χ3v) is 4.01. The first-order valence-electron chi connectivity index (χ1n) is 7.51. The van der Waals surface area contributed by atoms with E-state index in [0.717, 1.165) is 24.9 Å². The van der Waals surface area contributed by atoms with Crippen LogP contribution in [0, 0.1) is 0 Å². The van der Waals surface area contributed by atoms with Crippen LogP contribution in [0.15, 0.2) is 42.6 Å². The molecule has 3 N–H and O–H groups in total. The average molecular weight is 346 g/mol. The van der Waals surface area contributed by atoms with Gasteiger partial charge in [0, 0.05) is 23.6 Å². The number of pyridine rings is 1. The highest BCUT2D eigenvalue weighted by Gasteiger charge is 2.21. The molecule has 1 fully saturated rings. The van der Waals surface area contributed by atoms with Gasteiger partial charge in [-0.05, 0) is 49.2 Å². The topological polar surface area (TPSA) is 100 Å². The second-order valence-electron chi connectivity index (χ2n) is 5.76. The van der Waals surface area contributed by atoms with E-state index in [1.54, 1.807) is 36.4 Å². The molecule has 1 aromatic carbocycles. The van der Waals surface area contributed by atoms with Crippen LogP contribution >= 0.6 is 0 Å². The molecule has 0 radical (unpaired) electrons. The van der Waals surface area contributed by atoms with Gasteiger partial charge in [-0.25, -0.2) is 13.4 Å². The molecule has 1 amide bonds. The molecule has 24 heavy (non-hydrogen) atoms. The maximum atomic E-state index is 12.2. The minimum Gasteiger partial charge on any atom is -0.367 e. The molecule has 0 atom stereocenters. The summed E-state index contributed by atoms with van der Waals surface area (Å²) < 4.78 is 24.7. The van der Waals surface area contributed by atoms with E-state index in [-0.39, 0.29) is 5.91 Å². The Bertz CT molecular complexity index is 829. The normalized spacial score (nSPS) is 14.0. The van der Waals surface area contributed by atoms with Crippen molar-refractivity contribution in [2.75, 3.05) is 21.6 Å². The van der Waals surface area contributed by atoms with Gasteiger partial charge in [-0.15, -0.1) is 0 Å². The summed E-state index contributed by atoms with van der Waals surface area (Å²) >= 11 is 0. The zero-order valence-electron chi connectivity index (χ0n) is 13.1. The Hall–Kier alpha value is -2.61. The van der Waals surface area contributed by atoms with Gasteiger partial charge in [0.15, 0.2) is 0 Å². The van der Waals surface area contributed by atoms with E-state index in [2.05, 4.69) is 20.3 Å². The molecule has 3 rings (SSSR count). The minimum absolute atomic E-state index is 0.274. The molecule has 7 nitrogen and oxygen atoms in total. The maximum absolute atomic E-state index is 12.2. The summed E-state index contributed by atoms with van der Waals surface area (Å²) in [5.41, 5.74) is 1.46. The number of hydrogen-bond acceptors (Lipinski definition) is 5. The summed E-state index contributed by atoms with van der Waals surface area (Å²) in [6.45, 7) is 0. The van der Waals surface area contributed by atoms with E-state index < -0.39 is 10.0 Å². The van der Waals surface area contributed by atoms with Gasteiger partial charge >= 0.3 is 0 Å². The van der Waals surface area contributed by atoms with Crippen molar-refractivity contribution in [2.24, 2.45) is 0 Å². The van der Waals surface area contributed by atoms with Gasteiger partial charge in [-0.2, -0.15) is 0 Å². The van der Waals surface area contributed by atoms with Crippen molar-refractivity contribution in [3.63, 3.8) is 0 Å². The van der Waals surface area contributed by atoms with Crippen LogP contribution in [-0.2, 0) is 10.0 Å². The predicted octanol–water partition coefficient (Wildman–Crippen LogP) is 2.28. The zero-order valence-corrected chi connectivity index (χ0v) is 13.9. The number of nitrogens with one attached hydrogen (secondary N) is 3. The zero-order chi connectivity index (χ0) is 17.2. The SMILES string of the molecule is CS(=O)(=O)Nc1ccc(NC(=O)c2ccc(NC3CC3)nc2)cc1. The first kappa shape index (κ1) is 16.3. The lowest BCUT2D eigenvalue weighted by atomic mass is 10.2. The van der Waals surface area contributed by atoms with Crippen LogP contribution in [0.1, 0.15) is 23.2 Å². The molecule has 126 valence electrons. The van der Waals surface area contributed by atoms with E-state index in [1.165, 1.54) is 6.20 Å². The number of benzene rings is 1. The molecule has 0 unspecified atom stereocenters. The van der Waals surface area contributed by atoms with Gasteiger partial charge in [0.05, 0.1) is 11.8 Å². The fraction of sp³-hybridized carbons (Fsp3) is 0.250. The summed E-state index contributed by atoms with van der Waals surface area (Å²) in [5, 5.41) is 6.00. The van der Waals surface area contributed by atoms with Crippen molar-refractivity contribution < 1.29 is 13.2 Å². The van der Waals surface area contributed by atoms with Gasteiger partial charge in [0.2, 0.25) is 10.0 Å². The Morgan fingerprint density at radius 1 is 1.08 bits per heavy atom. The van der Waals surface area contributed by atoms with Crippen LogP contribution in [0.2, 0.25) is 0 Å². The van der Waals surface area contributed by atoms with E-state index in [0.29, 0.717) is 23.0 Å². The first-order chi connectivity index (χ1) is 11.4. The second-order valence-corrected chi connectivity index (χ2v) is 7.50. The largest absolute Gasteiger partial charge is 0.367 e. The van der Waals surface area contributed by atoms with Crippen LogP contribution in [0.4, 0.5) is 17.2 Å². The number of carbonyl (C=O) groups excluding carboxylic acids is 1. The van der Waals surface area contributed by atoms with Gasteiger partial charge in [0.25, 0.3) is 5.91 Å². The van der Waals surface area contributed by atoms with Crippen LogP contribution in [0.5, 0.6) is 0 Å². The van der Waals surface area contributed by atoms with Crippen LogP contribution < -0.4 is 15.4 Å². The summed E-state index contributed by atoms with van der Waals surface area (Å²) in [5.74, 6) is 0.495. The number of rotatable bonds is 6. The number of hydrogen-bond donors (Lipinski definition) is 3. The molecule has 0 spiro atoms. The van der Waals surface area contributed by atoms with Crippen LogP contribution in [0.25, 0.3) is 0 Å². The second kappa shape index (κ2) is 6.48. The standard InChI is InChI=1S/C16H18N4O3S/c1-24(22,23)20-14-7-5-13(6-8-14)19-16(21)11-2-9-15(17-10-11)18-12-3-4-12/h2,5-10,12,20H,3-4H2,1H3,(H,17,18)(H,19,21). The van der Waals surface area contributed by atoms with Gasteiger partial charge < -0.3 is 10.6 Å². The molecule has 1 heterocycles. The molecule has 1 aliphatic rings. The van der Waals surface area contributed by atoms with E-state index >= 15 is 0 Å². The summed E-state index contributed by atoms with van der Waals surface area (Å²) in [4.78, 5) is 16.4. The lowest BCUT2D eigenvalue weighted by Crippen LogP contribution is -2.13. The summed E-state index contributed by atoms with van der Waals surface area (Å²) in [6, 6.07) is 10.4. The van der Waals surface area contributed by atoms with E-state index in [4.69, 9.17) is 0 Å². The summed E-state index contributed by atoms with van der Waals surface area (Å²) in [6.07, 6.45) is 4.93. The molecular weight excluding hydrogens is 328 g/mol.